The molecule has 0 radical (unpaired) electrons. The zero-order chi connectivity index (χ0) is 31.2. The lowest BCUT2D eigenvalue weighted by molar-refractivity contribution is -0.117. The van der Waals surface area contributed by atoms with Crippen LogP contribution in [0.4, 0.5) is 20.7 Å². The lowest BCUT2D eigenvalue weighted by Gasteiger charge is -2.22. The van der Waals surface area contributed by atoms with Gasteiger partial charge in [-0.05, 0) is 88.1 Å². The molecule has 10 nitrogen and oxygen atoms in total. The summed E-state index contributed by atoms with van der Waals surface area (Å²) in [6.45, 7) is 9.83. The Morgan fingerprint density at radius 2 is 1.93 bits per heavy atom. The fourth-order valence-corrected chi connectivity index (χ4v) is 5.96. The van der Waals surface area contributed by atoms with Gasteiger partial charge in [0.15, 0.2) is 5.82 Å². The maximum absolute atomic E-state index is 16.0. The highest BCUT2D eigenvalue weighted by atomic mass is 19.1. The molecule has 6 rings (SSSR count). The minimum atomic E-state index is -0.790. The van der Waals surface area contributed by atoms with Gasteiger partial charge in [-0.25, -0.2) is 18.9 Å². The number of halogens is 1. The molecule has 4 aromatic rings. The Morgan fingerprint density at radius 1 is 1.11 bits per heavy atom. The topological polar surface area (TPSA) is 120 Å². The van der Waals surface area contributed by atoms with Crippen LogP contribution in [0.25, 0.3) is 21.9 Å². The first-order valence-electron chi connectivity index (χ1n) is 15.0. The highest BCUT2D eigenvalue weighted by molar-refractivity contribution is 6.05. The SMILES string of the molecule is Cc1ccncc1-c1cc2cc(NC(=O)C3C(C)C3c3ccn(C4CCCCO4)n3)ncc2c(NC(=O)OC(C)(C)C)c1F. The molecule has 1 aliphatic heterocycles. The van der Waals surface area contributed by atoms with E-state index in [2.05, 4.69) is 20.6 Å². The molecule has 3 aromatic heterocycles. The number of rotatable bonds is 6. The van der Waals surface area contributed by atoms with Crippen LogP contribution in [0.2, 0.25) is 0 Å². The Balaban J connectivity index is 1.27. The van der Waals surface area contributed by atoms with Crippen LogP contribution in [0, 0.1) is 24.6 Å². The lowest BCUT2D eigenvalue weighted by atomic mass is 9.98. The summed E-state index contributed by atoms with van der Waals surface area (Å²) in [6, 6.07) is 7.11. The fraction of sp³-hybridized carbons (Fsp3) is 0.424. The normalized spacial score (nSPS) is 21.6. The van der Waals surface area contributed by atoms with Crippen LogP contribution >= 0.6 is 0 Å². The number of carbonyl (C=O) groups is 2. The molecular weight excluding hydrogens is 563 g/mol. The first kappa shape index (κ1) is 29.7. The molecule has 2 N–H and O–H groups in total. The molecule has 0 bridgehead atoms. The number of hydrogen-bond donors (Lipinski definition) is 2. The summed E-state index contributed by atoms with van der Waals surface area (Å²) in [7, 11) is 0. The predicted octanol–water partition coefficient (Wildman–Crippen LogP) is 6.98. The average molecular weight is 601 g/mol. The van der Waals surface area contributed by atoms with E-state index in [1.165, 1.54) is 6.20 Å². The van der Waals surface area contributed by atoms with Crippen molar-refractivity contribution in [2.45, 2.75) is 71.6 Å². The van der Waals surface area contributed by atoms with Crippen molar-refractivity contribution in [1.82, 2.24) is 19.7 Å². The van der Waals surface area contributed by atoms with Gasteiger partial charge in [-0.1, -0.05) is 6.92 Å². The first-order chi connectivity index (χ1) is 21.0. The second-order valence-electron chi connectivity index (χ2n) is 12.7. The molecule has 2 fully saturated rings. The van der Waals surface area contributed by atoms with E-state index in [1.807, 2.05) is 30.8 Å². The zero-order valence-corrected chi connectivity index (χ0v) is 25.6. The van der Waals surface area contributed by atoms with Gasteiger partial charge in [0.05, 0.1) is 17.3 Å². The summed E-state index contributed by atoms with van der Waals surface area (Å²) in [6.07, 6.45) is 8.85. The predicted molar refractivity (Wildman–Crippen MR) is 165 cm³/mol. The number of pyridine rings is 2. The summed E-state index contributed by atoms with van der Waals surface area (Å²) in [4.78, 5) is 34.7. The van der Waals surface area contributed by atoms with E-state index >= 15 is 4.39 Å². The van der Waals surface area contributed by atoms with Crippen molar-refractivity contribution in [3.8, 4) is 11.1 Å². The number of aryl methyl sites for hydroxylation is 1. The molecule has 11 heteroatoms. The van der Waals surface area contributed by atoms with Gasteiger partial charge in [-0.15, -0.1) is 0 Å². The van der Waals surface area contributed by atoms with Crippen LogP contribution in [0.15, 0.2) is 49.1 Å². The maximum Gasteiger partial charge on any atom is 0.412 e. The second kappa shape index (κ2) is 11.6. The molecule has 1 saturated carbocycles. The molecule has 4 heterocycles. The van der Waals surface area contributed by atoms with Crippen molar-refractivity contribution >= 4 is 34.3 Å². The zero-order valence-electron chi connectivity index (χ0n) is 25.6. The van der Waals surface area contributed by atoms with Crippen molar-refractivity contribution in [2.75, 3.05) is 17.2 Å². The molecule has 4 atom stereocenters. The minimum absolute atomic E-state index is 0.000757. The Hall–Kier alpha value is -4.38. The van der Waals surface area contributed by atoms with E-state index in [9.17, 15) is 9.59 Å². The van der Waals surface area contributed by atoms with E-state index < -0.39 is 17.5 Å². The minimum Gasteiger partial charge on any atom is -0.444 e. The highest BCUT2D eigenvalue weighted by Crippen LogP contribution is 2.53. The molecule has 2 aliphatic rings. The van der Waals surface area contributed by atoms with Crippen LogP contribution in [-0.2, 0) is 14.3 Å². The number of fused-ring (bicyclic) bond motifs is 1. The monoisotopic (exact) mass is 600 g/mol. The number of nitrogens with one attached hydrogen (secondary N) is 2. The van der Waals surface area contributed by atoms with E-state index in [4.69, 9.17) is 14.6 Å². The number of benzene rings is 1. The van der Waals surface area contributed by atoms with Crippen molar-refractivity contribution in [3.05, 3.63) is 66.1 Å². The first-order valence-corrected chi connectivity index (χ1v) is 15.0. The van der Waals surface area contributed by atoms with Crippen LogP contribution in [0.1, 0.15) is 70.4 Å². The number of amides is 2. The summed E-state index contributed by atoms with van der Waals surface area (Å²) >= 11 is 0. The van der Waals surface area contributed by atoms with E-state index in [1.54, 1.807) is 51.4 Å². The third-order valence-electron chi connectivity index (χ3n) is 8.27. The number of ether oxygens (including phenoxy) is 2. The number of anilines is 2. The van der Waals surface area contributed by atoms with Crippen LogP contribution < -0.4 is 10.6 Å². The van der Waals surface area contributed by atoms with Gasteiger partial charge in [0, 0.05) is 53.8 Å². The molecule has 1 aromatic carbocycles. The molecule has 44 heavy (non-hydrogen) atoms. The fourth-order valence-electron chi connectivity index (χ4n) is 5.96. The smallest absolute Gasteiger partial charge is 0.412 e. The van der Waals surface area contributed by atoms with Gasteiger partial charge >= 0.3 is 6.09 Å². The average Bonchev–Trinajstić information content (AvgIpc) is 3.40. The van der Waals surface area contributed by atoms with Gasteiger partial charge in [0.25, 0.3) is 0 Å². The summed E-state index contributed by atoms with van der Waals surface area (Å²) in [5, 5.41) is 11.2. The van der Waals surface area contributed by atoms with Crippen molar-refractivity contribution in [2.24, 2.45) is 11.8 Å². The standard InChI is InChI=1S/C33H37FN6O4/c1-18-9-11-35-16-22(18)21-14-20-15-25(36-17-23(20)30(29(21)34)38-32(42)44-33(3,4)5)37-31(41)28-19(2)27(28)24-10-12-40(39-24)26-8-6-7-13-43-26/h9-12,14-17,19,26-28H,6-8,13H2,1-5H3,(H,38,42)(H,36,37,41). The van der Waals surface area contributed by atoms with Gasteiger partial charge < -0.3 is 14.8 Å². The number of nitrogens with zero attached hydrogens (tertiary/aromatic N) is 4. The van der Waals surface area contributed by atoms with Crippen molar-refractivity contribution in [3.63, 3.8) is 0 Å². The van der Waals surface area contributed by atoms with Crippen molar-refractivity contribution < 1.29 is 23.5 Å². The number of aromatic nitrogens is 4. The van der Waals surface area contributed by atoms with Crippen LogP contribution in [-0.4, -0.2) is 44.0 Å². The largest absolute Gasteiger partial charge is 0.444 e. The van der Waals surface area contributed by atoms with Gasteiger partial charge in [0.1, 0.15) is 17.6 Å². The quantitative estimate of drug-likeness (QED) is 0.245. The molecule has 1 saturated heterocycles. The van der Waals surface area contributed by atoms with Crippen LogP contribution in [0.5, 0.6) is 0 Å². The van der Waals surface area contributed by atoms with E-state index in [0.29, 0.717) is 22.2 Å². The molecular formula is C33H37FN6O4. The Bertz CT molecular complexity index is 1730. The second-order valence-corrected chi connectivity index (χ2v) is 12.7. The summed E-state index contributed by atoms with van der Waals surface area (Å²) in [5.74, 6) is -0.607. The summed E-state index contributed by atoms with van der Waals surface area (Å²) < 4.78 is 29.2. The summed E-state index contributed by atoms with van der Waals surface area (Å²) in [5.41, 5.74) is 1.69. The van der Waals surface area contributed by atoms with Gasteiger partial charge in [-0.3, -0.25) is 15.1 Å². The Labute approximate surface area is 255 Å². The maximum atomic E-state index is 16.0. The molecule has 1 aliphatic carbocycles. The highest BCUT2D eigenvalue weighted by Gasteiger charge is 2.53. The number of hydrogen-bond acceptors (Lipinski definition) is 7. The third-order valence-corrected chi connectivity index (χ3v) is 8.27. The van der Waals surface area contributed by atoms with E-state index in [-0.39, 0.29) is 41.1 Å². The van der Waals surface area contributed by atoms with Gasteiger partial charge in [-0.2, -0.15) is 5.10 Å². The van der Waals surface area contributed by atoms with Crippen molar-refractivity contribution in [1.29, 1.82) is 0 Å². The third kappa shape index (κ3) is 6.01. The van der Waals surface area contributed by atoms with Crippen LogP contribution in [0.3, 0.4) is 0 Å². The number of carbonyl (C=O) groups excluding carboxylic acids is 2. The molecule has 4 unspecified atom stereocenters. The molecule has 2 amide bonds. The Kier molecular flexibility index (Phi) is 7.83. The Morgan fingerprint density at radius 3 is 2.66 bits per heavy atom. The molecule has 230 valence electrons. The lowest BCUT2D eigenvalue weighted by Crippen LogP contribution is -2.27. The van der Waals surface area contributed by atoms with Gasteiger partial charge in [0.2, 0.25) is 5.91 Å². The molecule has 0 spiro atoms. The van der Waals surface area contributed by atoms with E-state index in [0.717, 1.165) is 37.1 Å².